The summed E-state index contributed by atoms with van der Waals surface area (Å²) in [7, 11) is 0. The van der Waals surface area contributed by atoms with Crippen molar-refractivity contribution < 1.29 is 0 Å². The summed E-state index contributed by atoms with van der Waals surface area (Å²) in [6.07, 6.45) is 2.50. The zero-order valence-corrected chi connectivity index (χ0v) is 15.7. The maximum Gasteiger partial charge on any atom is 0.191 e. The van der Waals surface area contributed by atoms with Gasteiger partial charge in [0.1, 0.15) is 5.01 Å². The number of hydrogen-bond acceptors (Lipinski definition) is 3. The number of aliphatic imine (C=N–C) groups is 1. The van der Waals surface area contributed by atoms with Crippen LogP contribution in [0, 0.1) is 0 Å². The smallest absolute Gasteiger partial charge is 0.191 e. The topological polar surface area (TPSA) is 49.3 Å². The van der Waals surface area contributed by atoms with E-state index in [-0.39, 0.29) is 24.0 Å². The predicted octanol–water partition coefficient (Wildman–Crippen LogP) is 3.65. The van der Waals surface area contributed by atoms with Gasteiger partial charge in [-0.05, 0) is 19.8 Å². The van der Waals surface area contributed by atoms with Crippen LogP contribution >= 0.6 is 35.3 Å². The van der Waals surface area contributed by atoms with Gasteiger partial charge >= 0.3 is 0 Å². The number of hydrogen-bond donors (Lipinski definition) is 2. The Hall–Kier alpha value is -1.15. The Bertz CT molecular complexity index is 608. The lowest BCUT2D eigenvalue weighted by atomic mass is 10.2. The lowest BCUT2D eigenvalue weighted by Crippen LogP contribution is -2.38. The second-order valence-corrected chi connectivity index (χ2v) is 5.98. The van der Waals surface area contributed by atoms with E-state index in [0.29, 0.717) is 12.6 Å². The molecule has 3 rings (SSSR count). The highest BCUT2D eigenvalue weighted by molar-refractivity contribution is 14.0. The largest absolute Gasteiger partial charge is 0.357 e. The van der Waals surface area contributed by atoms with Crippen LogP contribution in [0.4, 0.5) is 0 Å². The molecule has 0 aliphatic heterocycles. The monoisotopic (exact) mass is 428 g/mol. The molecular weight excluding hydrogens is 407 g/mol. The third-order valence-electron chi connectivity index (χ3n) is 3.23. The van der Waals surface area contributed by atoms with Crippen molar-refractivity contribution in [3.05, 3.63) is 41.4 Å². The molecule has 22 heavy (non-hydrogen) atoms. The van der Waals surface area contributed by atoms with Crippen molar-refractivity contribution >= 4 is 41.3 Å². The van der Waals surface area contributed by atoms with Gasteiger partial charge in [0.2, 0.25) is 0 Å². The molecule has 2 aromatic rings. The average molecular weight is 428 g/mol. The van der Waals surface area contributed by atoms with Crippen LogP contribution in [0.3, 0.4) is 0 Å². The maximum absolute atomic E-state index is 4.66. The van der Waals surface area contributed by atoms with Crippen molar-refractivity contribution in [2.45, 2.75) is 32.4 Å². The molecule has 2 N–H and O–H groups in total. The molecule has 1 aromatic carbocycles. The quantitative estimate of drug-likeness (QED) is 0.434. The molecule has 0 radical (unpaired) electrons. The van der Waals surface area contributed by atoms with E-state index >= 15 is 0 Å². The van der Waals surface area contributed by atoms with Gasteiger partial charge in [-0.3, -0.25) is 0 Å². The van der Waals surface area contributed by atoms with E-state index in [1.54, 1.807) is 11.3 Å². The fourth-order valence-corrected chi connectivity index (χ4v) is 2.81. The lowest BCUT2D eigenvalue weighted by molar-refractivity contribution is 0.809. The molecule has 0 atom stereocenters. The van der Waals surface area contributed by atoms with Gasteiger partial charge in [0.25, 0.3) is 0 Å². The van der Waals surface area contributed by atoms with Gasteiger partial charge in [-0.15, -0.1) is 35.3 Å². The van der Waals surface area contributed by atoms with E-state index in [1.807, 2.05) is 18.2 Å². The standard InChI is InChI=1S/C16H20N4S.HI/c1-2-17-16(20-13-8-9-13)18-10-14-11-21-15(19-14)12-6-4-3-5-7-12;/h3-7,11,13H,2,8-10H2,1H3,(H2,17,18,20);1H. The molecule has 0 amide bonds. The molecule has 1 aromatic heterocycles. The highest BCUT2D eigenvalue weighted by atomic mass is 127. The van der Waals surface area contributed by atoms with Crippen LogP contribution in [0.2, 0.25) is 0 Å². The summed E-state index contributed by atoms with van der Waals surface area (Å²) < 4.78 is 0. The Kier molecular flexibility index (Phi) is 6.63. The molecule has 1 fully saturated rings. The van der Waals surface area contributed by atoms with Crippen molar-refractivity contribution in [2.24, 2.45) is 4.99 Å². The van der Waals surface area contributed by atoms with Gasteiger partial charge in [0.15, 0.2) is 5.96 Å². The van der Waals surface area contributed by atoms with Gasteiger partial charge in [0, 0.05) is 23.5 Å². The molecule has 1 heterocycles. The van der Waals surface area contributed by atoms with E-state index in [1.165, 1.54) is 18.4 Å². The Morgan fingerprint density at radius 2 is 2.09 bits per heavy atom. The van der Waals surface area contributed by atoms with Gasteiger partial charge in [-0.25, -0.2) is 9.98 Å². The van der Waals surface area contributed by atoms with Crippen LogP contribution in [-0.2, 0) is 6.54 Å². The fourth-order valence-electron chi connectivity index (χ4n) is 1.99. The first-order chi connectivity index (χ1) is 10.3. The molecule has 0 spiro atoms. The minimum Gasteiger partial charge on any atom is -0.357 e. The summed E-state index contributed by atoms with van der Waals surface area (Å²) in [5.74, 6) is 0.897. The zero-order chi connectivity index (χ0) is 14.5. The van der Waals surface area contributed by atoms with E-state index in [2.05, 4.69) is 45.0 Å². The van der Waals surface area contributed by atoms with Crippen LogP contribution < -0.4 is 10.6 Å². The second kappa shape index (κ2) is 8.47. The highest BCUT2D eigenvalue weighted by Gasteiger charge is 2.22. The van der Waals surface area contributed by atoms with Crippen molar-refractivity contribution in [3.8, 4) is 10.6 Å². The maximum atomic E-state index is 4.66. The number of halogens is 1. The van der Waals surface area contributed by atoms with E-state index in [0.717, 1.165) is 23.2 Å². The summed E-state index contributed by atoms with van der Waals surface area (Å²) in [5, 5.41) is 9.84. The van der Waals surface area contributed by atoms with E-state index < -0.39 is 0 Å². The fraction of sp³-hybridized carbons (Fsp3) is 0.375. The molecule has 1 aliphatic rings. The highest BCUT2D eigenvalue weighted by Crippen LogP contribution is 2.23. The molecule has 6 heteroatoms. The zero-order valence-electron chi connectivity index (χ0n) is 12.6. The van der Waals surface area contributed by atoms with Crippen LogP contribution in [0.1, 0.15) is 25.5 Å². The average Bonchev–Trinajstić information content (AvgIpc) is 3.20. The molecule has 118 valence electrons. The molecule has 4 nitrogen and oxygen atoms in total. The molecule has 1 aliphatic carbocycles. The number of guanidine groups is 1. The van der Waals surface area contributed by atoms with Crippen molar-refractivity contribution in [1.82, 2.24) is 15.6 Å². The molecule has 0 bridgehead atoms. The molecule has 0 unspecified atom stereocenters. The molecule has 0 saturated heterocycles. The first-order valence-electron chi connectivity index (χ1n) is 7.40. The number of benzene rings is 1. The van der Waals surface area contributed by atoms with Gasteiger partial charge in [0.05, 0.1) is 12.2 Å². The number of aromatic nitrogens is 1. The summed E-state index contributed by atoms with van der Waals surface area (Å²) in [4.78, 5) is 9.27. The molecule has 1 saturated carbocycles. The van der Waals surface area contributed by atoms with E-state index in [9.17, 15) is 0 Å². The summed E-state index contributed by atoms with van der Waals surface area (Å²) in [6, 6.07) is 10.9. The first-order valence-corrected chi connectivity index (χ1v) is 8.28. The summed E-state index contributed by atoms with van der Waals surface area (Å²) >= 11 is 1.67. The van der Waals surface area contributed by atoms with Gasteiger partial charge in [-0.1, -0.05) is 30.3 Å². The Morgan fingerprint density at radius 1 is 1.32 bits per heavy atom. The Labute approximate surface area is 152 Å². The van der Waals surface area contributed by atoms with Crippen LogP contribution in [0.15, 0.2) is 40.7 Å². The van der Waals surface area contributed by atoms with Crippen molar-refractivity contribution in [3.63, 3.8) is 0 Å². The van der Waals surface area contributed by atoms with Gasteiger partial charge < -0.3 is 10.6 Å². The number of nitrogens with one attached hydrogen (secondary N) is 2. The third-order valence-corrected chi connectivity index (χ3v) is 4.17. The second-order valence-electron chi connectivity index (χ2n) is 5.12. The minimum absolute atomic E-state index is 0. The summed E-state index contributed by atoms with van der Waals surface area (Å²) in [6.45, 7) is 3.58. The number of thiazole rings is 1. The lowest BCUT2D eigenvalue weighted by Gasteiger charge is -2.09. The minimum atomic E-state index is 0. The van der Waals surface area contributed by atoms with Crippen LogP contribution in [-0.4, -0.2) is 23.5 Å². The molecular formula is C16H21IN4S. The van der Waals surface area contributed by atoms with Crippen LogP contribution in [0.5, 0.6) is 0 Å². The Morgan fingerprint density at radius 3 is 2.77 bits per heavy atom. The van der Waals surface area contributed by atoms with Crippen LogP contribution in [0.25, 0.3) is 10.6 Å². The number of rotatable bonds is 5. The van der Waals surface area contributed by atoms with Crippen molar-refractivity contribution in [2.75, 3.05) is 6.54 Å². The van der Waals surface area contributed by atoms with E-state index in [4.69, 9.17) is 0 Å². The van der Waals surface area contributed by atoms with Crippen molar-refractivity contribution in [1.29, 1.82) is 0 Å². The predicted molar refractivity (Wildman–Crippen MR) is 104 cm³/mol. The van der Waals surface area contributed by atoms with Gasteiger partial charge in [-0.2, -0.15) is 0 Å². The summed E-state index contributed by atoms with van der Waals surface area (Å²) in [5.41, 5.74) is 2.19. The Balaban J connectivity index is 0.00000176. The third kappa shape index (κ3) is 4.95. The normalized spacial score (nSPS) is 14.3. The first kappa shape index (κ1) is 17.2. The number of nitrogens with zero attached hydrogens (tertiary/aromatic N) is 2. The SMILES string of the molecule is CCNC(=NCc1csc(-c2ccccc2)n1)NC1CC1.I.